The highest BCUT2D eigenvalue weighted by Gasteiger charge is 2.18. The number of hydrogen-bond donors (Lipinski definition) is 1. The van der Waals surface area contributed by atoms with E-state index >= 15 is 0 Å². The first kappa shape index (κ1) is 14.9. The molecule has 0 saturated heterocycles. The van der Waals surface area contributed by atoms with Gasteiger partial charge < -0.3 is 5.11 Å². The van der Waals surface area contributed by atoms with Gasteiger partial charge in [-0.15, -0.1) is 10.2 Å². The van der Waals surface area contributed by atoms with Crippen molar-refractivity contribution in [1.29, 1.82) is 0 Å². The predicted molar refractivity (Wildman–Crippen MR) is 87.0 cm³/mol. The number of carboxylic acids is 1. The minimum absolute atomic E-state index is 0.107. The summed E-state index contributed by atoms with van der Waals surface area (Å²) in [5.74, 6) is -0.905. The van der Waals surface area contributed by atoms with Gasteiger partial charge in [-0.25, -0.2) is 9.78 Å². The Labute approximate surface area is 133 Å². The normalized spacial score (nSPS) is 11.4. The van der Waals surface area contributed by atoms with Crippen molar-refractivity contribution in [3.63, 3.8) is 0 Å². The quantitative estimate of drug-likeness (QED) is 0.729. The minimum atomic E-state index is -1.12. The molecule has 0 amide bonds. The van der Waals surface area contributed by atoms with Crippen molar-refractivity contribution in [1.82, 2.24) is 9.38 Å². The van der Waals surface area contributed by atoms with E-state index in [2.05, 4.69) is 15.2 Å². The molecular weight excluding hydrogens is 292 g/mol. The van der Waals surface area contributed by atoms with E-state index in [4.69, 9.17) is 0 Å². The van der Waals surface area contributed by atoms with E-state index in [0.717, 1.165) is 16.7 Å². The highest BCUT2D eigenvalue weighted by atomic mass is 16.4. The molecule has 0 aliphatic rings. The molecule has 6 nitrogen and oxygen atoms in total. The molecule has 0 fully saturated rings. The van der Waals surface area contributed by atoms with E-state index in [1.54, 1.807) is 16.7 Å². The number of carbonyl (C=O) groups is 1. The van der Waals surface area contributed by atoms with E-state index < -0.39 is 5.97 Å². The number of nitrogens with zero attached hydrogens (tertiary/aromatic N) is 4. The molecule has 1 aromatic carbocycles. The van der Waals surface area contributed by atoms with Crippen LogP contribution in [-0.2, 0) is 0 Å². The van der Waals surface area contributed by atoms with Crippen molar-refractivity contribution in [3.8, 4) is 0 Å². The number of carboxylic acid groups (broad SMARTS) is 1. The standard InChI is InChI=1S/C17H16N4O2/c1-10-4-6-13(12(3)8-10)19-20-16-15(17(22)23)18-14-7-5-11(2)9-21(14)16/h4-9H,1-3H3,(H,22,23). The maximum absolute atomic E-state index is 11.4. The lowest BCUT2D eigenvalue weighted by Crippen LogP contribution is -1.96. The number of fused-ring (bicyclic) bond motifs is 1. The molecule has 116 valence electrons. The summed E-state index contributed by atoms with van der Waals surface area (Å²) < 4.78 is 1.64. The lowest BCUT2D eigenvalue weighted by molar-refractivity contribution is 0.0692. The molecule has 0 bridgehead atoms. The first-order chi connectivity index (χ1) is 11.0. The second-order valence-corrected chi connectivity index (χ2v) is 5.51. The van der Waals surface area contributed by atoms with Gasteiger partial charge in [-0.05, 0) is 44.0 Å². The smallest absolute Gasteiger partial charge is 0.358 e. The average Bonchev–Trinajstić information content (AvgIpc) is 2.84. The van der Waals surface area contributed by atoms with E-state index in [1.807, 2.05) is 45.0 Å². The molecule has 0 unspecified atom stereocenters. The third-order valence-corrected chi connectivity index (χ3v) is 3.55. The molecule has 0 aliphatic carbocycles. The Morgan fingerprint density at radius 2 is 1.83 bits per heavy atom. The predicted octanol–water partition coefficient (Wildman–Crippen LogP) is 4.37. The number of hydrogen-bond acceptors (Lipinski definition) is 4. The van der Waals surface area contributed by atoms with Gasteiger partial charge in [-0.3, -0.25) is 4.40 Å². The van der Waals surface area contributed by atoms with Crippen LogP contribution in [0.25, 0.3) is 5.65 Å². The minimum Gasteiger partial charge on any atom is -0.476 e. The van der Waals surface area contributed by atoms with Crippen LogP contribution in [0.4, 0.5) is 11.5 Å². The van der Waals surface area contributed by atoms with Gasteiger partial charge in [-0.2, -0.15) is 0 Å². The molecular formula is C17H16N4O2. The third-order valence-electron chi connectivity index (χ3n) is 3.55. The molecule has 3 aromatic rings. The Bertz CT molecular complexity index is 941. The Balaban J connectivity index is 2.14. The van der Waals surface area contributed by atoms with E-state index in [1.165, 1.54) is 0 Å². The summed E-state index contributed by atoms with van der Waals surface area (Å²) in [6.45, 7) is 5.87. The number of aromatic nitrogens is 2. The van der Waals surface area contributed by atoms with Crippen LogP contribution in [0.1, 0.15) is 27.2 Å². The lowest BCUT2D eigenvalue weighted by Gasteiger charge is -2.01. The van der Waals surface area contributed by atoms with Gasteiger partial charge in [0.05, 0.1) is 5.69 Å². The van der Waals surface area contributed by atoms with Gasteiger partial charge in [0.15, 0.2) is 11.5 Å². The molecule has 2 heterocycles. The van der Waals surface area contributed by atoms with Crippen molar-refractivity contribution < 1.29 is 9.90 Å². The number of pyridine rings is 1. The lowest BCUT2D eigenvalue weighted by atomic mass is 10.1. The first-order valence-corrected chi connectivity index (χ1v) is 7.16. The summed E-state index contributed by atoms with van der Waals surface area (Å²) in [5.41, 5.74) is 4.23. The molecule has 0 atom stereocenters. The van der Waals surface area contributed by atoms with Gasteiger partial charge in [0, 0.05) is 6.20 Å². The van der Waals surface area contributed by atoms with Gasteiger partial charge >= 0.3 is 5.97 Å². The summed E-state index contributed by atoms with van der Waals surface area (Å²) in [4.78, 5) is 15.5. The van der Waals surface area contributed by atoms with Crippen LogP contribution in [-0.4, -0.2) is 20.5 Å². The number of imidazole rings is 1. The number of azo groups is 1. The second kappa shape index (κ2) is 5.64. The maximum atomic E-state index is 11.4. The molecule has 6 heteroatoms. The fraction of sp³-hybridized carbons (Fsp3) is 0.176. The van der Waals surface area contributed by atoms with Crippen molar-refractivity contribution in [3.05, 3.63) is 58.9 Å². The Hall–Kier alpha value is -3.02. The summed E-state index contributed by atoms with van der Waals surface area (Å²) in [6, 6.07) is 9.45. The topological polar surface area (TPSA) is 79.3 Å². The van der Waals surface area contributed by atoms with Crippen LogP contribution >= 0.6 is 0 Å². The van der Waals surface area contributed by atoms with Crippen LogP contribution in [0.2, 0.25) is 0 Å². The van der Waals surface area contributed by atoms with Crippen LogP contribution in [0.3, 0.4) is 0 Å². The number of rotatable bonds is 3. The fourth-order valence-electron chi connectivity index (χ4n) is 2.40. The van der Waals surface area contributed by atoms with Gasteiger partial charge in [-0.1, -0.05) is 23.8 Å². The van der Waals surface area contributed by atoms with Crippen LogP contribution in [0.5, 0.6) is 0 Å². The summed E-state index contributed by atoms with van der Waals surface area (Å²) in [6.07, 6.45) is 1.80. The Morgan fingerprint density at radius 1 is 1.09 bits per heavy atom. The van der Waals surface area contributed by atoms with Crippen LogP contribution < -0.4 is 0 Å². The van der Waals surface area contributed by atoms with Gasteiger partial charge in [0.1, 0.15) is 5.65 Å². The number of aryl methyl sites for hydroxylation is 3. The second-order valence-electron chi connectivity index (χ2n) is 5.51. The summed E-state index contributed by atoms with van der Waals surface area (Å²) >= 11 is 0. The van der Waals surface area contributed by atoms with Crippen LogP contribution in [0, 0.1) is 20.8 Å². The molecule has 0 spiro atoms. The number of aromatic carboxylic acids is 1. The zero-order valence-corrected chi connectivity index (χ0v) is 13.1. The molecule has 1 N–H and O–H groups in total. The summed E-state index contributed by atoms with van der Waals surface area (Å²) in [5, 5.41) is 17.7. The fourth-order valence-corrected chi connectivity index (χ4v) is 2.40. The average molecular weight is 308 g/mol. The van der Waals surface area contributed by atoms with Crippen molar-refractivity contribution in [2.75, 3.05) is 0 Å². The molecule has 23 heavy (non-hydrogen) atoms. The monoisotopic (exact) mass is 308 g/mol. The highest BCUT2D eigenvalue weighted by molar-refractivity contribution is 5.91. The molecule has 0 radical (unpaired) electrons. The van der Waals surface area contributed by atoms with E-state index in [-0.39, 0.29) is 11.5 Å². The third kappa shape index (κ3) is 2.83. The van der Waals surface area contributed by atoms with Crippen LogP contribution in [0.15, 0.2) is 46.8 Å². The molecule has 0 saturated carbocycles. The van der Waals surface area contributed by atoms with Crippen molar-refractivity contribution in [2.24, 2.45) is 10.2 Å². The largest absolute Gasteiger partial charge is 0.476 e. The zero-order chi connectivity index (χ0) is 16.6. The number of benzene rings is 1. The van der Waals surface area contributed by atoms with Crippen molar-refractivity contribution in [2.45, 2.75) is 20.8 Å². The highest BCUT2D eigenvalue weighted by Crippen LogP contribution is 2.26. The maximum Gasteiger partial charge on any atom is 0.358 e. The first-order valence-electron chi connectivity index (χ1n) is 7.16. The van der Waals surface area contributed by atoms with Gasteiger partial charge in [0.25, 0.3) is 0 Å². The summed E-state index contributed by atoms with van der Waals surface area (Å²) in [7, 11) is 0. The Kier molecular flexibility index (Phi) is 3.65. The zero-order valence-electron chi connectivity index (χ0n) is 13.1. The van der Waals surface area contributed by atoms with Gasteiger partial charge in [0.2, 0.25) is 0 Å². The van der Waals surface area contributed by atoms with E-state index in [9.17, 15) is 9.90 Å². The molecule has 2 aromatic heterocycles. The molecule has 0 aliphatic heterocycles. The molecule has 3 rings (SSSR count). The SMILES string of the molecule is Cc1ccc(N=Nc2c(C(=O)O)nc3ccc(C)cn23)c(C)c1. The Morgan fingerprint density at radius 3 is 2.52 bits per heavy atom. The van der Waals surface area contributed by atoms with Crippen molar-refractivity contribution >= 4 is 23.1 Å². The van der Waals surface area contributed by atoms with E-state index in [0.29, 0.717) is 11.3 Å².